The van der Waals surface area contributed by atoms with Crippen LogP contribution >= 0.6 is 11.6 Å². The van der Waals surface area contributed by atoms with Crippen molar-refractivity contribution in [2.75, 3.05) is 60.2 Å². The molecule has 0 unspecified atom stereocenters. The van der Waals surface area contributed by atoms with Crippen molar-refractivity contribution in [2.45, 2.75) is 13.3 Å². The van der Waals surface area contributed by atoms with Crippen LogP contribution in [0, 0.1) is 6.92 Å². The second kappa shape index (κ2) is 11.4. The topological polar surface area (TPSA) is 100 Å². The Hall–Kier alpha value is -3.69. The maximum atomic E-state index is 6.10. The molecular formula is C26H29ClN8O. The molecule has 36 heavy (non-hydrogen) atoms. The molecule has 1 fully saturated rings. The summed E-state index contributed by atoms with van der Waals surface area (Å²) in [5.41, 5.74) is 4.04. The van der Waals surface area contributed by atoms with E-state index < -0.39 is 0 Å². The summed E-state index contributed by atoms with van der Waals surface area (Å²) >= 11 is 6.10. The van der Waals surface area contributed by atoms with E-state index >= 15 is 0 Å². The van der Waals surface area contributed by atoms with E-state index in [1.807, 2.05) is 36.4 Å². The molecule has 186 valence electrons. The normalized spacial score (nSPS) is 13.6. The van der Waals surface area contributed by atoms with Gasteiger partial charge in [0.05, 0.1) is 18.7 Å². The second-order valence-corrected chi connectivity index (χ2v) is 9.04. The molecule has 1 aliphatic heterocycles. The number of pyridine rings is 1. The molecule has 10 heteroatoms. The minimum Gasteiger partial charge on any atom is -0.384 e. The first-order chi connectivity index (χ1) is 17.6. The highest BCUT2D eigenvalue weighted by atomic mass is 35.5. The molecule has 9 nitrogen and oxygen atoms in total. The lowest BCUT2D eigenvalue weighted by molar-refractivity contribution is 0.122. The van der Waals surface area contributed by atoms with Gasteiger partial charge in [0, 0.05) is 54.2 Å². The van der Waals surface area contributed by atoms with E-state index in [2.05, 4.69) is 59.8 Å². The zero-order valence-corrected chi connectivity index (χ0v) is 20.9. The van der Waals surface area contributed by atoms with Crippen molar-refractivity contribution >= 4 is 51.7 Å². The van der Waals surface area contributed by atoms with Crippen LogP contribution < -0.4 is 20.9 Å². The number of aryl methyl sites for hydroxylation is 1. The molecule has 3 heterocycles. The number of nitrogens with one attached hydrogen (secondary N) is 3. The molecule has 5 rings (SSSR count). The molecule has 0 spiro atoms. The number of aromatic nitrogens is 4. The average Bonchev–Trinajstić information content (AvgIpc) is 2.90. The van der Waals surface area contributed by atoms with Crippen LogP contribution in [0.1, 0.15) is 12.0 Å². The Labute approximate surface area is 215 Å². The standard InChI is InChI=1S/C26H29ClN8O/c1-18-3-6-20(7-4-18)31-25-32-24(33-26(34-25)35-13-15-36-16-14-35)30-11-2-10-28-22-9-12-29-23-17-19(27)5-8-21(22)23/h3-9,12,17H,2,10-11,13-16H2,1H3,(H,28,29)(H2,30,31,32,33,34). The lowest BCUT2D eigenvalue weighted by atomic mass is 10.2. The number of ether oxygens (including phenoxy) is 1. The molecule has 3 N–H and O–H groups in total. The molecule has 0 amide bonds. The molecule has 2 aromatic heterocycles. The summed E-state index contributed by atoms with van der Waals surface area (Å²) in [5, 5.41) is 11.9. The van der Waals surface area contributed by atoms with Gasteiger partial charge in [0.25, 0.3) is 0 Å². The lowest BCUT2D eigenvalue weighted by Gasteiger charge is -2.27. The number of halogens is 1. The van der Waals surface area contributed by atoms with Gasteiger partial charge in [-0.1, -0.05) is 29.3 Å². The van der Waals surface area contributed by atoms with Gasteiger partial charge in [0.2, 0.25) is 17.8 Å². The predicted octanol–water partition coefficient (Wildman–Crippen LogP) is 4.88. The van der Waals surface area contributed by atoms with Gasteiger partial charge < -0.3 is 25.6 Å². The van der Waals surface area contributed by atoms with Crippen molar-refractivity contribution in [1.82, 2.24) is 19.9 Å². The third-order valence-electron chi connectivity index (χ3n) is 5.88. The minimum absolute atomic E-state index is 0.512. The fourth-order valence-corrected chi connectivity index (χ4v) is 4.12. The van der Waals surface area contributed by atoms with Gasteiger partial charge in [-0.3, -0.25) is 4.98 Å². The van der Waals surface area contributed by atoms with Gasteiger partial charge in [-0.05, 0) is 49.7 Å². The van der Waals surface area contributed by atoms with E-state index in [9.17, 15) is 0 Å². The number of morpholine rings is 1. The molecule has 1 saturated heterocycles. The van der Waals surface area contributed by atoms with Gasteiger partial charge in [0.15, 0.2) is 0 Å². The third-order valence-corrected chi connectivity index (χ3v) is 6.12. The summed E-state index contributed by atoms with van der Waals surface area (Å²) in [7, 11) is 0. The molecule has 0 bridgehead atoms. The number of hydrogen-bond acceptors (Lipinski definition) is 9. The van der Waals surface area contributed by atoms with Crippen molar-refractivity contribution in [3.05, 3.63) is 65.3 Å². The highest BCUT2D eigenvalue weighted by molar-refractivity contribution is 6.31. The highest BCUT2D eigenvalue weighted by Crippen LogP contribution is 2.24. The molecule has 0 atom stereocenters. The summed E-state index contributed by atoms with van der Waals surface area (Å²) < 4.78 is 5.49. The molecule has 2 aromatic carbocycles. The lowest BCUT2D eigenvalue weighted by Crippen LogP contribution is -2.37. The van der Waals surface area contributed by atoms with E-state index in [-0.39, 0.29) is 0 Å². The Bertz CT molecular complexity index is 1310. The summed E-state index contributed by atoms with van der Waals surface area (Å²) in [5.74, 6) is 1.70. The molecule has 4 aromatic rings. The Balaban J connectivity index is 1.23. The van der Waals surface area contributed by atoms with Crippen molar-refractivity contribution in [1.29, 1.82) is 0 Å². The quantitative estimate of drug-likeness (QED) is 0.275. The van der Waals surface area contributed by atoms with Crippen LogP contribution in [0.2, 0.25) is 5.02 Å². The van der Waals surface area contributed by atoms with Crippen molar-refractivity contribution in [2.24, 2.45) is 0 Å². The van der Waals surface area contributed by atoms with Crippen molar-refractivity contribution in [3.8, 4) is 0 Å². The van der Waals surface area contributed by atoms with Crippen LogP contribution in [-0.4, -0.2) is 59.3 Å². The van der Waals surface area contributed by atoms with Gasteiger partial charge >= 0.3 is 0 Å². The van der Waals surface area contributed by atoms with Crippen molar-refractivity contribution < 1.29 is 4.74 Å². The Morgan fingerprint density at radius 2 is 1.69 bits per heavy atom. The first-order valence-electron chi connectivity index (χ1n) is 12.1. The van der Waals surface area contributed by atoms with Crippen LogP contribution in [0.3, 0.4) is 0 Å². The number of hydrogen-bond donors (Lipinski definition) is 3. The summed E-state index contributed by atoms with van der Waals surface area (Å²) in [4.78, 5) is 20.5. The smallest absolute Gasteiger partial charge is 0.233 e. The van der Waals surface area contributed by atoms with E-state index in [4.69, 9.17) is 16.3 Å². The second-order valence-electron chi connectivity index (χ2n) is 8.60. The Morgan fingerprint density at radius 3 is 2.53 bits per heavy atom. The van der Waals surface area contributed by atoms with Gasteiger partial charge in [-0.2, -0.15) is 15.0 Å². The summed E-state index contributed by atoms with van der Waals surface area (Å²) in [6.07, 6.45) is 2.66. The van der Waals surface area contributed by atoms with E-state index in [0.717, 1.165) is 48.3 Å². The van der Waals surface area contributed by atoms with E-state index in [0.29, 0.717) is 42.6 Å². The number of fused-ring (bicyclic) bond motifs is 1. The first kappa shape index (κ1) is 24.0. The largest absolute Gasteiger partial charge is 0.384 e. The fraction of sp³-hybridized carbons (Fsp3) is 0.308. The Kier molecular flexibility index (Phi) is 7.58. The predicted molar refractivity (Wildman–Crippen MR) is 146 cm³/mol. The van der Waals surface area contributed by atoms with Crippen LogP contribution in [0.4, 0.5) is 29.2 Å². The van der Waals surface area contributed by atoms with E-state index in [1.165, 1.54) is 5.56 Å². The number of nitrogens with zero attached hydrogens (tertiary/aromatic N) is 5. The minimum atomic E-state index is 0.512. The van der Waals surface area contributed by atoms with Gasteiger partial charge in [-0.15, -0.1) is 0 Å². The molecule has 0 radical (unpaired) electrons. The van der Waals surface area contributed by atoms with Gasteiger partial charge in [-0.25, -0.2) is 0 Å². The SMILES string of the molecule is Cc1ccc(Nc2nc(NCCCNc3ccnc4cc(Cl)ccc34)nc(N3CCOCC3)n2)cc1. The van der Waals surface area contributed by atoms with Crippen molar-refractivity contribution in [3.63, 3.8) is 0 Å². The highest BCUT2D eigenvalue weighted by Gasteiger charge is 2.17. The first-order valence-corrected chi connectivity index (χ1v) is 12.5. The number of anilines is 5. The zero-order chi connectivity index (χ0) is 24.7. The molecule has 1 aliphatic rings. The monoisotopic (exact) mass is 504 g/mol. The number of benzene rings is 2. The molecule has 0 saturated carbocycles. The maximum absolute atomic E-state index is 6.10. The zero-order valence-electron chi connectivity index (χ0n) is 20.2. The third kappa shape index (κ3) is 6.10. The van der Waals surface area contributed by atoms with Crippen LogP contribution in [0.25, 0.3) is 10.9 Å². The van der Waals surface area contributed by atoms with Crippen LogP contribution in [0.15, 0.2) is 54.7 Å². The van der Waals surface area contributed by atoms with Gasteiger partial charge in [0.1, 0.15) is 0 Å². The summed E-state index contributed by atoms with van der Waals surface area (Å²) in [6.45, 7) is 6.38. The molecular weight excluding hydrogens is 476 g/mol. The fourth-order valence-electron chi connectivity index (χ4n) is 3.96. The average molecular weight is 505 g/mol. The molecule has 0 aliphatic carbocycles. The van der Waals surface area contributed by atoms with Crippen LogP contribution in [0.5, 0.6) is 0 Å². The number of rotatable bonds is 9. The van der Waals surface area contributed by atoms with E-state index in [1.54, 1.807) is 6.20 Å². The van der Waals surface area contributed by atoms with Crippen LogP contribution in [-0.2, 0) is 4.74 Å². The Morgan fingerprint density at radius 1 is 0.917 bits per heavy atom. The maximum Gasteiger partial charge on any atom is 0.233 e. The summed E-state index contributed by atoms with van der Waals surface area (Å²) in [6, 6.07) is 15.9.